The van der Waals surface area contributed by atoms with Crippen LogP contribution in [0.1, 0.15) is 31.7 Å². The highest BCUT2D eigenvalue weighted by Crippen LogP contribution is 2.52. The molecule has 0 bridgehead atoms. The Labute approximate surface area is 116 Å². The molecule has 3 rings (SSSR count). The standard InChI is InChI=1S/C14H17N3O3/c1-14(2)3-12(14)13(18)17(4-10-6-19-8-15-10)5-11-7-20-9-16-11/h6-9,12H,3-5H2,1-2H3. The van der Waals surface area contributed by atoms with Gasteiger partial charge < -0.3 is 13.7 Å². The zero-order valence-corrected chi connectivity index (χ0v) is 11.6. The van der Waals surface area contributed by atoms with E-state index in [0.717, 1.165) is 17.8 Å². The Bertz CT molecular complexity index is 539. The van der Waals surface area contributed by atoms with E-state index in [1.807, 2.05) is 0 Å². The fourth-order valence-electron chi connectivity index (χ4n) is 2.34. The van der Waals surface area contributed by atoms with Crippen LogP contribution in [0.2, 0.25) is 0 Å². The summed E-state index contributed by atoms with van der Waals surface area (Å²) in [7, 11) is 0. The van der Waals surface area contributed by atoms with Crippen LogP contribution in [-0.4, -0.2) is 20.8 Å². The van der Waals surface area contributed by atoms with Crippen molar-refractivity contribution in [3.63, 3.8) is 0 Å². The van der Waals surface area contributed by atoms with Crippen LogP contribution in [0.3, 0.4) is 0 Å². The first-order valence-corrected chi connectivity index (χ1v) is 6.59. The molecule has 1 unspecified atom stereocenters. The SMILES string of the molecule is CC1(C)CC1C(=O)N(Cc1cocn1)Cc1cocn1. The van der Waals surface area contributed by atoms with Gasteiger partial charge in [0.15, 0.2) is 12.8 Å². The zero-order chi connectivity index (χ0) is 14.2. The van der Waals surface area contributed by atoms with E-state index in [0.29, 0.717) is 13.1 Å². The van der Waals surface area contributed by atoms with Crippen LogP contribution in [0.15, 0.2) is 34.1 Å². The normalized spacial score (nSPS) is 19.8. The third-order valence-corrected chi connectivity index (χ3v) is 3.80. The molecule has 2 aromatic heterocycles. The van der Waals surface area contributed by atoms with Crippen molar-refractivity contribution in [3.05, 3.63) is 36.7 Å². The highest BCUT2D eigenvalue weighted by Gasteiger charge is 2.52. The third kappa shape index (κ3) is 2.59. The van der Waals surface area contributed by atoms with Gasteiger partial charge in [-0.15, -0.1) is 0 Å². The van der Waals surface area contributed by atoms with Crippen LogP contribution < -0.4 is 0 Å². The summed E-state index contributed by atoms with van der Waals surface area (Å²) in [6, 6.07) is 0. The summed E-state index contributed by atoms with van der Waals surface area (Å²) < 4.78 is 9.93. The minimum Gasteiger partial charge on any atom is -0.451 e. The first kappa shape index (κ1) is 12.9. The van der Waals surface area contributed by atoms with Crippen LogP contribution in [0, 0.1) is 11.3 Å². The van der Waals surface area contributed by atoms with Gasteiger partial charge >= 0.3 is 0 Å². The molecule has 0 aromatic carbocycles. The van der Waals surface area contributed by atoms with E-state index < -0.39 is 0 Å². The lowest BCUT2D eigenvalue weighted by atomic mass is 10.1. The molecule has 2 aromatic rings. The topological polar surface area (TPSA) is 72.4 Å². The molecule has 1 saturated carbocycles. The van der Waals surface area contributed by atoms with Gasteiger partial charge in [-0.25, -0.2) is 9.97 Å². The largest absolute Gasteiger partial charge is 0.451 e. The van der Waals surface area contributed by atoms with E-state index in [4.69, 9.17) is 8.83 Å². The van der Waals surface area contributed by atoms with E-state index in [-0.39, 0.29) is 17.2 Å². The van der Waals surface area contributed by atoms with Gasteiger partial charge in [-0.05, 0) is 11.8 Å². The second-order valence-electron chi connectivity index (χ2n) is 5.90. The smallest absolute Gasteiger partial charge is 0.226 e. The molecule has 0 aliphatic heterocycles. The number of carbonyl (C=O) groups excluding carboxylic acids is 1. The molecule has 1 atom stereocenters. The van der Waals surface area contributed by atoms with Crippen molar-refractivity contribution < 1.29 is 13.6 Å². The lowest BCUT2D eigenvalue weighted by Gasteiger charge is -2.21. The number of carbonyl (C=O) groups is 1. The molecule has 106 valence electrons. The number of aromatic nitrogens is 2. The number of oxazole rings is 2. The summed E-state index contributed by atoms with van der Waals surface area (Å²) in [6.45, 7) is 5.07. The average molecular weight is 275 g/mol. The molecule has 0 N–H and O–H groups in total. The van der Waals surface area contributed by atoms with E-state index in [9.17, 15) is 4.79 Å². The minimum absolute atomic E-state index is 0.0845. The van der Waals surface area contributed by atoms with Crippen molar-refractivity contribution >= 4 is 5.91 Å². The van der Waals surface area contributed by atoms with E-state index >= 15 is 0 Å². The Hall–Kier alpha value is -2.11. The van der Waals surface area contributed by atoms with E-state index in [1.54, 1.807) is 17.4 Å². The molecule has 1 amide bonds. The Morgan fingerprint density at radius 3 is 2.10 bits per heavy atom. The Morgan fingerprint density at radius 2 is 1.75 bits per heavy atom. The van der Waals surface area contributed by atoms with E-state index in [2.05, 4.69) is 23.8 Å². The second kappa shape index (κ2) is 4.77. The number of amides is 1. The second-order valence-corrected chi connectivity index (χ2v) is 5.90. The van der Waals surface area contributed by atoms with Crippen molar-refractivity contribution in [3.8, 4) is 0 Å². The van der Waals surface area contributed by atoms with Gasteiger partial charge in [0.05, 0.1) is 24.5 Å². The first-order valence-electron chi connectivity index (χ1n) is 6.59. The molecule has 0 radical (unpaired) electrons. The average Bonchev–Trinajstić information content (AvgIpc) is 2.88. The van der Waals surface area contributed by atoms with E-state index in [1.165, 1.54) is 12.8 Å². The maximum atomic E-state index is 12.6. The molecule has 1 aliphatic rings. The molecule has 6 heteroatoms. The van der Waals surface area contributed by atoms with Crippen molar-refractivity contribution in [2.45, 2.75) is 33.4 Å². The van der Waals surface area contributed by atoms with Crippen LogP contribution >= 0.6 is 0 Å². The van der Waals surface area contributed by atoms with Crippen LogP contribution in [-0.2, 0) is 17.9 Å². The van der Waals surface area contributed by atoms with Gasteiger partial charge in [0.1, 0.15) is 12.5 Å². The first-order chi connectivity index (χ1) is 9.56. The van der Waals surface area contributed by atoms with Gasteiger partial charge in [0.2, 0.25) is 5.91 Å². The van der Waals surface area contributed by atoms with Crippen molar-refractivity contribution in [2.75, 3.05) is 0 Å². The number of hydrogen-bond acceptors (Lipinski definition) is 5. The summed E-state index contributed by atoms with van der Waals surface area (Å²) in [5, 5.41) is 0. The molecule has 0 saturated heterocycles. The quantitative estimate of drug-likeness (QED) is 0.836. The van der Waals surface area contributed by atoms with Gasteiger partial charge in [-0.3, -0.25) is 4.79 Å². The highest BCUT2D eigenvalue weighted by molar-refractivity contribution is 5.82. The van der Waals surface area contributed by atoms with Gasteiger partial charge in [0.25, 0.3) is 0 Å². The molecular weight excluding hydrogens is 258 g/mol. The summed E-state index contributed by atoms with van der Waals surface area (Å²) >= 11 is 0. The Kier molecular flexibility index (Phi) is 3.08. The minimum atomic E-state index is 0.0845. The van der Waals surface area contributed by atoms with Gasteiger partial charge in [-0.1, -0.05) is 13.8 Å². The number of nitrogens with zero attached hydrogens (tertiary/aromatic N) is 3. The lowest BCUT2D eigenvalue weighted by Crippen LogP contribution is -2.32. The fraction of sp³-hybridized carbons (Fsp3) is 0.500. The van der Waals surface area contributed by atoms with Crippen molar-refractivity contribution in [1.82, 2.24) is 14.9 Å². The molecular formula is C14H17N3O3. The molecule has 0 spiro atoms. The molecule has 1 aliphatic carbocycles. The molecule has 6 nitrogen and oxygen atoms in total. The highest BCUT2D eigenvalue weighted by atomic mass is 16.3. The Morgan fingerprint density at radius 1 is 1.25 bits per heavy atom. The predicted molar refractivity (Wildman–Crippen MR) is 69.1 cm³/mol. The van der Waals surface area contributed by atoms with Gasteiger partial charge in [0, 0.05) is 5.92 Å². The number of hydrogen-bond donors (Lipinski definition) is 0. The van der Waals surface area contributed by atoms with Gasteiger partial charge in [-0.2, -0.15) is 0 Å². The van der Waals surface area contributed by atoms with Crippen molar-refractivity contribution in [2.24, 2.45) is 11.3 Å². The van der Waals surface area contributed by atoms with Crippen LogP contribution in [0.4, 0.5) is 0 Å². The van der Waals surface area contributed by atoms with Crippen LogP contribution in [0.5, 0.6) is 0 Å². The van der Waals surface area contributed by atoms with Crippen molar-refractivity contribution in [1.29, 1.82) is 0 Å². The summed E-state index contributed by atoms with van der Waals surface area (Å²) in [6.07, 6.45) is 6.78. The fourth-order valence-corrected chi connectivity index (χ4v) is 2.34. The van der Waals surface area contributed by atoms with Crippen LogP contribution in [0.25, 0.3) is 0 Å². The predicted octanol–water partition coefficient (Wildman–Crippen LogP) is 2.24. The molecule has 20 heavy (non-hydrogen) atoms. The maximum absolute atomic E-state index is 12.6. The molecule has 2 heterocycles. The summed E-state index contributed by atoms with van der Waals surface area (Å²) in [5.74, 6) is 0.224. The maximum Gasteiger partial charge on any atom is 0.226 e. The summed E-state index contributed by atoms with van der Waals surface area (Å²) in [5.41, 5.74) is 1.57. The third-order valence-electron chi connectivity index (χ3n) is 3.80. The number of rotatable bonds is 5. The molecule has 1 fully saturated rings. The zero-order valence-electron chi connectivity index (χ0n) is 11.6. The summed E-state index contributed by atoms with van der Waals surface area (Å²) in [4.78, 5) is 22.5. The lowest BCUT2D eigenvalue weighted by molar-refractivity contribution is -0.134. The monoisotopic (exact) mass is 275 g/mol. The Balaban J connectivity index is 1.74.